The summed E-state index contributed by atoms with van der Waals surface area (Å²) in [5.74, 6) is -0.481. The molecule has 2 saturated heterocycles. The number of hydrogen-bond acceptors (Lipinski definition) is 4. The fourth-order valence-electron chi connectivity index (χ4n) is 4.42. The van der Waals surface area contributed by atoms with E-state index < -0.39 is 16.8 Å². The smallest absolute Gasteiger partial charge is 0.221 e. The maximum atomic E-state index is 13.5. The molecule has 3 heterocycles. The molecule has 7 heteroatoms. The Morgan fingerprint density at radius 2 is 2.07 bits per heavy atom. The molecule has 0 saturated carbocycles. The number of hydrogen-bond donors (Lipinski definition) is 1. The summed E-state index contributed by atoms with van der Waals surface area (Å²) in [6, 6.07) is 10.5. The van der Waals surface area contributed by atoms with Crippen molar-refractivity contribution in [2.45, 2.75) is 43.2 Å². The zero-order chi connectivity index (χ0) is 20.3. The van der Waals surface area contributed by atoms with Crippen molar-refractivity contribution in [1.29, 1.82) is 0 Å². The second-order valence-corrected chi connectivity index (χ2v) is 8.35. The second-order valence-electron chi connectivity index (χ2n) is 7.95. The van der Waals surface area contributed by atoms with Crippen LogP contribution in [0.5, 0.6) is 0 Å². The van der Waals surface area contributed by atoms with Gasteiger partial charge < -0.3 is 14.8 Å². The van der Waals surface area contributed by atoms with Crippen molar-refractivity contribution in [3.05, 3.63) is 64.7 Å². The molecule has 29 heavy (non-hydrogen) atoms. The zero-order valence-corrected chi connectivity index (χ0v) is 16.9. The van der Waals surface area contributed by atoms with Crippen molar-refractivity contribution >= 4 is 17.5 Å². The number of ether oxygens (including phenoxy) is 2. The SMILES string of the molecule is O=C(C[C@@]1(c2ccc(F)cn2)CCO[C@]2(CCOC2)C1)NCc1ccccc1Cl. The molecule has 154 valence electrons. The maximum absolute atomic E-state index is 13.5. The zero-order valence-electron chi connectivity index (χ0n) is 16.1. The fourth-order valence-corrected chi connectivity index (χ4v) is 4.62. The number of carbonyl (C=O) groups is 1. The molecule has 4 rings (SSSR count). The predicted octanol–water partition coefficient (Wildman–Crippen LogP) is 3.79. The quantitative estimate of drug-likeness (QED) is 0.802. The first kappa shape index (κ1) is 20.3. The van der Waals surface area contributed by atoms with Gasteiger partial charge in [-0.2, -0.15) is 0 Å². The summed E-state index contributed by atoms with van der Waals surface area (Å²) in [4.78, 5) is 17.3. The average Bonchev–Trinajstić information content (AvgIpc) is 3.15. The van der Waals surface area contributed by atoms with Gasteiger partial charge in [0.2, 0.25) is 5.91 Å². The van der Waals surface area contributed by atoms with Gasteiger partial charge in [0, 0.05) is 48.7 Å². The fraction of sp³-hybridized carbons (Fsp3) is 0.455. The van der Waals surface area contributed by atoms with Gasteiger partial charge in [-0.15, -0.1) is 0 Å². The highest BCUT2D eigenvalue weighted by molar-refractivity contribution is 6.31. The number of halogens is 2. The van der Waals surface area contributed by atoms with E-state index in [0.29, 0.717) is 44.2 Å². The Hall–Kier alpha value is -2.02. The highest BCUT2D eigenvalue weighted by Crippen LogP contribution is 2.46. The van der Waals surface area contributed by atoms with Crippen LogP contribution in [0.3, 0.4) is 0 Å². The molecule has 1 N–H and O–H groups in total. The summed E-state index contributed by atoms with van der Waals surface area (Å²) in [7, 11) is 0. The lowest BCUT2D eigenvalue weighted by atomic mass is 9.68. The number of pyridine rings is 1. The van der Waals surface area contributed by atoms with Gasteiger partial charge in [0.1, 0.15) is 5.82 Å². The molecule has 1 aromatic heterocycles. The number of carbonyl (C=O) groups excluding carboxylic acids is 1. The van der Waals surface area contributed by atoms with E-state index in [2.05, 4.69) is 10.3 Å². The standard InChI is InChI=1S/C22H24ClFN2O3/c23-18-4-2-1-3-16(18)12-26-20(27)11-21(19-6-5-17(24)13-25-19)7-10-29-22(14-21)8-9-28-15-22/h1-6,13H,7-12,14-15H2,(H,26,27)/t21-,22+/m0/s1. The minimum atomic E-state index is -0.524. The summed E-state index contributed by atoms with van der Waals surface area (Å²) in [6.45, 7) is 2.03. The molecule has 2 aliphatic rings. The number of rotatable bonds is 5. The first-order valence-electron chi connectivity index (χ1n) is 9.84. The van der Waals surface area contributed by atoms with Crippen LogP contribution in [-0.2, 0) is 26.2 Å². The maximum Gasteiger partial charge on any atom is 0.221 e. The minimum Gasteiger partial charge on any atom is -0.378 e. The van der Waals surface area contributed by atoms with Crippen molar-refractivity contribution in [3.63, 3.8) is 0 Å². The molecule has 0 radical (unpaired) electrons. The summed E-state index contributed by atoms with van der Waals surface area (Å²) in [5.41, 5.74) is 0.659. The largest absolute Gasteiger partial charge is 0.378 e. The van der Waals surface area contributed by atoms with Gasteiger partial charge in [0.05, 0.1) is 18.4 Å². The van der Waals surface area contributed by atoms with Crippen LogP contribution in [0.2, 0.25) is 5.02 Å². The number of nitrogens with one attached hydrogen (secondary N) is 1. The van der Waals surface area contributed by atoms with Crippen LogP contribution in [0.1, 0.15) is 36.9 Å². The lowest BCUT2D eigenvalue weighted by molar-refractivity contribution is -0.130. The summed E-state index contributed by atoms with van der Waals surface area (Å²) >= 11 is 6.19. The van der Waals surface area contributed by atoms with Gasteiger partial charge in [-0.05, 0) is 36.6 Å². The number of amides is 1. The first-order valence-corrected chi connectivity index (χ1v) is 10.2. The van der Waals surface area contributed by atoms with E-state index in [-0.39, 0.29) is 12.3 Å². The lowest BCUT2D eigenvalue weighted by Crippen LogP contribution is -2.50. The van der Waals surface area contributed by atoms with Gasteiger partial charge in [-0.25, -0.2) is 4.39 Å². The van der Waals surface area contributed by atoms with Crippen LogP contribution < -0.4 is 5.32 Å². The minimum absolute atomic E-state index is 0.0907. The van der Waals surface area contributed by atoms with E-state index in [1.54, 1.807) is 12.1 Å². The molecule has 0 bridgehead atoms. The van der Waals surface area contributed by atoms with Crippen molar-refractivity contribution in [1.82, 2.24) is 10.3 Å². The molecule has 2 aliphatic heterocycles. The Kier molecular flexibility index (Phi) is 5.86. The topological polar surface area (TPSA) is 60.5 Å². The van der Waals surface area contributed by atoms with Crippen molar-refractivity contribution in [3.8, 4) is 0 Å². The summed E-state index contributed by atoms with van der Waals surface area (Å²) in [6.07, 6.45) is 3.52. The van der Waals surface area contributed by atoms with Crippen molar-refractivity contribution in [2.24, 2.45) is 0 Å². The Balaban J connectivity index is 1.54. The van der Waals surface area contributed by atoms with Crippen LogP contribution in [-0.4, -0.2) is 36.3 Å². The van der Waals surface area contributed by atoms with Crippen LogP contribution in [0.15, 0.2) is 42.6 Å². The van der Waals surface area contributed by atoms with E-state index in [4.69, 9.17) is 21.1 Å². The van der Waals surface area contributed by atoms with Crippen LogP contribution in [0, 0.1) is 5.82 Å². The molecular formula is C22H24ClFN2O3. The Bertz CT molecular complexity index is 871. The molecular weight excluding hydrogens is 395 g/mol. The molecule has 2 atom stereocenters. The highest BCUT2D eigenvalue weighted by atomic mass is 35.5. The third kappa shape index (κ3) is 4.44. The van der Waals surface area contributed by atoms with E-state index in [1.165, 1.54) is 12.3 Å². The summed E-state index contributed by atoms with van der Waals surface area (Å²) < 4.78 is 25.1. The monoisotopic (exact) mass is 418 g/mol. The van der Waals surface area contributed by atoms with Gasteiger partial charge in [0.15, 0.2) is 0 Å². The van der Waals surface area contributed by atoms with Gasteiger partial charge in [0.25, 0.3) is 0 Å². The third-order valence-corrected chi connectivity index (χ3v) is 6.29. The lowest BCUT2D eigenvalue weighted by Gasteiger charge is -2.45. The van der Waals surface area contributed by atoms with Crippen molar-refractivity contribution in [2.75, 3.05) is 19.8 Å². The number of benzene rings is 1. The average molecular weight is 419 g/mol. The van der Waals surface area contributed by atoms with Gasteiger partial charge in [-0.3, -0.25) is 9.78 Å². The van der Waals surface area contributed by atoms with Crippen LogP contribution >= 0.6 is 11.6 Å². The molecule has 2 fully saturated rings. The molecule has 1 amide bonds. The Morgan fingerprint density at radius 3 is 2.79 bits per heavy atom. The molecule has 0 unspecified atom stereocenters. The normalized spacial score (nSPS) is 26.6. The van der Waals surface area contributed by atoms with Gasteiger partial charge in [-0.1, -0.05) is 29.8 Å². The number of aromatic nitrogens is 1. The van der Waals surface area contributed by atoms with Gasteiger partial charge >= 0.3 is 0 Å². The number of nitrogens with zero attached hydrogens (tertiary/aromatic N) is 1. The van der Waals surface area contributed by atoms with E-state index in [1.807, 2.05) is 18.2 Å². The van der Waals surface area contributed by atoms with E-state index in [0.717, 1.165) is 17.7 Å². The van der Waals surface area contributed by atoms with E-state index in [9.17, 15) is 9.18 Å². The van der Waals surface area contributed by atoms with Crippen molar-refractivity contribution < 1.29 is 18.7 Å². The second kappa shape index (κ2) is 8.38. The Morgan fingerprint density at radius 1 is 1.21 bits per heavy atom. The Labute approximate surface area is 174 Å². The van der Waals surface area contributed by atoms with Crippen LogP contribution in [0.25, 0.3) is 0 Å². The summed E-state index contributed by atoms with van der Waals surface area (Å²) in [5, 5.41) is 3.60. The molecule has 1 spiro atoms. The highest BCUT2D eigenvalue weighted by Gasteiger charge is 2.50. The molecule has 1 aromatic carbocycles. The van der Waals surface area contributed by atoms with Crippen LogP contribution in [0.4, 0.5) is 4.39 Å². The molecule has 5 nitrogen and oxygen atoms in total. The first-order chi connectivity index (χ1) is 14.0. The molecule has 0 aliphatic carbocycles. The molecule has 2 aromatic rings. The predicted molar refractivity (Wildman–Crippen MR) is 107 cm³/mol. The van der Waals surface area contributed by atoms with E-state index >= 15 is 0 Å². The third-order valence-electron chi connectivity index (χ3n) is 5.92.